The van der Waals surface area contributed by atoms with Gasteiger partial charge < -0.3 is 10.1 Å². The van der Waals surface area contributed by atoms with E-state index in [0.29, 0.717) is 6.54 Å². The third-order valence-electron chi connectivity index (χ3n) is 6.63. The van der Waals surface area contributed by atoms with Crippen LogP contribution in [0.3, 0.4) is 0 Å². The van der Waals surface area contributed by atoms with Gasteiger partial charge in [0.15, 0.2) is 0 Å². The van der Waals surface area contributed by atoms with Crippen molar-refractivity contribution in [2.75, 3.05) is 32.8 Å². The number of piperidine rings is 1. The Morgan fingerprint density at radius 1 is 1.10 bits per heavy atom. The van der Waals surface area contributed by atoms with Gasteiger partial charge in [-0.1, -0.05) is 42.5 Å². The molecule has 5 heteroatoms. The maximum Gasteiger partial charge on any atom is 0.224 e. The molecule has 2 aliphatic heterocycles. The van der Waals surface area contributed by atoms with Gasteiger partial charge in [0.2, 0.25) is 5.91 Å². The zero-order chi connectivity index (χ0) is 20.8. The fourth-order valence-electron chi connectivity index (χ4n) is 4.78. The summed E-state index contributed by atoms with van der Waals surface area (Å²) in [6.45, 7) is 4.62. The van der Waals surface area contributed by atoms with E-state index in [1.54, 1.807) is 0 Å². The van der Waals surface area contributed by atoms with E-state index >= 15 is 0 Å². The summed E-state index contributed by atoms with van der Waals surface area (Å²) in [5, 5.41) is 3.28. The van der Waals surface area contributed by atoms with Crippen LogP contribution in [-0.2, 0) is 21.5 Å². The van der Waals surface area contributed by atoms with Gasteiger partial charge in [-0.15, -0.1) is 0 Å². The van der Waals surface area contributed by atoms with Gasteiger partial charge in [0.1, 0.15) is 5.82 Å². The summed E-state index contributed by atoms with van der Waals surface area (Å²) in [7, 11) is 0. The van der Waals surface area contributed by atoms with Crippen LogP contribution >= 0.6 is 0 Å². The lowest BCUT2D eigenvalue weighted by atomic mass is 9.74. The number of hydrogen-bond acceptors (Lipinski definition) is 3. The van der Waals surface area contributed by atoms with Crippen molar-refractivity contribution in [3.05, 3.63) is 71.5 Å². The molecule has 30 heavy (non-hydrogen) atoms. The smallest absolute Gasteiger partial charge is 0.224 e. The minimum Gasteiger partial charge on any atom is -0.381 e. The summed E-state index contributed by atoms with van der Waals surface area (Å²) in [6.07, 6.45) is 3.79. The van der Waals surface area contributed by atoms with E-state index in [1.165, 1.54) is 17.7 Å². The fraction of sp³-hybridized carbons (Fsp3) is 0.480. The first-order chi connectivity index (χ1) is 14.6. The minimum atomic E-state index is -0.213. The van der Waals surface area contributed by atoms with Crippen LogP contribution in [0, 0.1) is 11.7 Å². The maximum atomic E-state index is 13.2. The van der Waals surface area contributed by atoms with Crippen molar-refractivity contribution < 1.29 is 13.9 Å². The predicted octanol–water partition coefficient (Wildman–Crippen LogP) is 3.90. The summed E-state index contributed by atoms with van der Waals surface area (Å²) in [4.78, 5) is 15.3. The van der Waals surface area contributed by atoms with E-state index < -0.39 is 0 Å². The van der Waals surface area contributed by atoms with Crippen molar-refractivity contribution in [2.24, 2.45) is 5.92 Å². The van der Waals surface area contributed by atoms with Gasteiger partial charge in [-0.3, -0.25) is 9.69 Å². The molecule has 2 saturated heterocycles. The highest BCUT2D eigenvalue weighted by molar-refractivity contribution is 5.79. The monoisotopic (exact) mass is 410 g/mol. The molecule has 0 spiro atoms. The van der Waals surface area contributed by atoms with Crippen LogP contribution in [0.1, 0.15) is 36.8 Å². The Hall–Kier alpha value is -2.24. The van der Waals surface area contributed by atoms with E-state index in [4.69, 9.17) is 4.74 Å². The molecule has 2 aliphatic rings. The molecule has 4 nitrogen and oxygen atoms in total. The number of rotatable bonds is 6. The molecule has 0 aromatic heterocycles. The molecule has 1 N–H and O–H groups in total. The lowest BCUT2D eigenvalue weighted by molar-refractivity contribution is -0.127. The van der Waals surface area contributed by atoms with Crippen LogP contribution in [0.4, 0.5) is 4.39 Å². The molecule has 0 saturated carbocycles. The van der Waals surface area contributed by atoms with Crippen molar-refractivity contribution >= 4 is 5.91 Å². The molecule has 0 unspecified atom stereocenters. The summed E-state index contributed by atoms with van der Waals surface area (Å²) in [5.41, 5.74) is 2.33. The van der Waals surface area contributed by atoms with Crippen molar-refractivity contribution in [3.8, 4) is 0 Å². The molecule has 2 aromatic carbocycles. The normalized spacial score (nSPS) is 21.8. The Morgan fingerprint density at radius 3 is 2.57 bits per heavy atom. The first-order valence-corrected chi connectivity index (χ1v) is 11.0. The summed E-state index contributed by atoms with van der Waals surface area (Å²) < 4.78 is 18.8. The summed E-state index contributed by atoms with van der Waals surface area (Å²) in [5.74, 6) is -0.0532. The van der Waals surface area contributed by atoms with Crippen molar-refractivity contribution in [2.45, 2.75) is 37.6 Å². The molecule has 0 aliphatic carbocycles. The average molecular weight is 411 g/mol. The maximum absolute atomic E-state index is 13.2. The molecule has 1 amide bonds. The molecule has 4 rings (SSSR count). The third kappa shape index (κ3) is 5.08. The van der Waals surface area contributed by atoms with E-state index in [2.05, 4.69) is 34.5 Å². The molecular formula is C25H31FN2O2. The highest BCUT2D eigenvalue weighted by Gasteiger charge is 2.35. The SMILES string of the molecule is O=C(NCC1(c2ccccc2)CCOCC1)[C@H]1CCCN(Cc2ccc(F)cc2)C1. The van der Waals surface area contributed by atoms with Crippen LogP contribution in [0.25, 0.3) is 0 Å². The van der Waals surface area contributed by atoms with E-state index in [1.807, 2.05) is 18.2 Å². The van der Waals surface area contributed by atoms with Gasteiger partial charge in [-0.2, -0.15) is 0 Å². The first-order valence-electron chi connectivity index (χ1n) is 11.0. The molecular weight excluding hydrogens is 379 g/mol. The van der Waals surface area contributed by atoms with Gasteiger partial charge in [0.05, 0.1) is 5.92 Å². The number of ether oxygens (including phenoxy) is 1. The van der Waals surface area contributed by atoms with Gasteiger partial charge in [-0.05, 0) is 55.5 Å². The van der Waals surface area contributed by atoms with Crippen LogP contribution < -0.4 is 5.32 Å². The molecule has 160 valence electrons. The zero-order valence-electron chi connectivity index (χ0n) is 17.5. The number of carbonyl (C=O) groups is 1. The number of nitrogens with one attached hydrogen (secondary N) is 1. The molecule has 2 fully saturated rings. The topological polar surface area (TPSA) is 41.6 Å². The van der Waals surface area contributed by atoms with Crippen LogP contribution in [0.15, 0.2) is 54.6 Å². The second-order valence-corrected chi connectivity index (χ2v) is 8.68. The molecule has 0 bridgehead atoms. The highest BCUT2D eigenvalue weighted by Crippen LogP contribution is 2.34. The third-order valence-corrected chi connectivity index (χ3v) is 6.63. The van der Waals surface area contributed by atoms with Crippen LogP contribution in [-0.4, -0.2) is 43.7 Å². The fourth-order valence-corrected chi connectivity index (χ4v) is 4.78. The highest BCUT2D eigenvalue weighted by atomic mass is 19.1. The minimum absolute atomic E-state index is 0.00635. The Bertz CT molecular complexity index is 819. The summed E-state index contributed by atoms with van der Waals surface area (Å²) in [6, 6.07) is 17.2. The van der Waals surface area contributed by atoms with Crippen LogP contribution in [0.2, 0.25) is 0 Å². The van der Waals surface area contributed by atoms with Gasteiger partial charge >= 0.3 is 0 Å². The number of nitrogens with zero attached hydrogens (tertiary/aromatic N) is 1. The van der Waals surface area contributed by atoms with Crippen molar-refractivity contribution in [3.63, 3.8) is 0 Å². The molecule has 2 aromatic rings. The molecule has 2 heterocycles. The quantitative estimate of drug-likeness (QED) is 0.785. The predicted molar refractivity (Wildman–Crippen MR) is 116 cm³/mol. The number of halogens is 1. The van der Waals surface area contributed by atoms with E-state index in [9.17, 15) is 9.18 Å². The lowest BCUT2D eigenvalue weighted by Crippen LogP contribution is -2.48. The largest absolute Gasteiger partial charge is 0.381 e. The second kappa shape index (κ2) is 9.71. The number of likely N-dealkylation sites (tertiary alicyclic amines) is 1. The second-order valence-electron chi connectivity index (χ2n) is 8.68. The summed E-state index contributed by atoms with van der Waals surface area (Å²) >= 11 is 0. The first kappa shape index (κ1) is 21.0. The Morgan fingerprint density at radius 2 is 1.83 bits per heavy atom. The van der Waals surface area contributed by atoms with Gasteiger partial charge in [0.25, 0.3) is 0 Å². The number of carbonyl (C=O) groups excluding carboxylic acids is 1. The van der Waals surface area contributed by atoms with Crippen LogP contribution in [0.5, 0.6) is 0 Å². The number of benzene rings is 2. The standard InChI is InChI=1S/C25H31FN2O2/c26-23-10-8-20(9-11-23)17-28-14-4-5-21(18-28)24(29)27-19-25(12-15-30-16-13-25)22-6-2-1-3-7-22/h1-3,6-11,21H,4-5,12-19H2,(H,27,29)/t21-/m0/s1. The van der Waals surface area contributed by atoms with Gasteiger partial charge in [-0.25, -0.2) is 4.39 Å². The molecule has 0 radical (unpaired) electrons. The number of amides is 1. The van der Waals surface area contributed by atoms with Crippen molar-refractivity contribution in [1.29, 1.82) is 0 Å². The molecule has 1 atom stereocenters. The lowest BCUT2D eigenvalue weighted by Gasteiger charge is -2.39. The Kier molecular flexibility index (Phi) is 6.80. The van der Waals surface area contributed by atoms with E-state index in [-0.39, 0.29) is 23.1 Å². The van der Waals surface area contributed by atoms with Gasteiger partial charge in [0, 0.05) is 38.3 Å². The Balaban J connectivity index is 1.36. The van der Waals surface area contributed by atoms with E-state index in [0.717, 1.165) is 64.1 Å². The Labute approximate surface area is 178 Å². The van der Waals surface area contributed by atoms with Crippen molar-refractivity contribution in [1.82, 2.24) is 10.2 Å². The zero-order valence-corrected chi connectivity index (χ0v) is 17.5. The number of hydrogen-bond donors (Lipinski definition) is 1. The average Bonchev–Trinajstić information content (AvgIpc) is 2.80.